The number of aliphatic hydroxyl groups excluding tert-OH is 1. The van der Waals surface area contributed by atoms with E-state index in [0.717, 1.165) is 6.07 Å². The Labute approximate surface area is 139 Å². The molecule has 1 atom stereocenters. The van der Waals surface area contributed by atoms with Crippen molar-refractivity contribution in [3.05, 3.63) is 34.6 Å². The molecular weight excluding hydrogens is 323 g/mol. The topological polar surface area (TPSA) is 60.9 Å². The van der Waals surface area contributed by atoms with Gasteiger partial charge in [-0.2, -0.15) is 0 Å². The highest BCUT2D eigenvalue weighted by molar-refractivity contribution is 6.31. The number of benzene rings is 1. The van der Waals surface area contributed by atoms with E-state index in [1.807, 2.05) is 13.8 Å². The van der Waals surface area contributed by atoms with Crippen LogP contribution in [0, 0.1) is 11.7 Å². The van der Waals surface area contributed by atoms with Crippen LogP contribution in [0.1, 0.15) is 24.2 Å². The van der Waals surface area contributed by atoms with Gasteiger partial charge in [-0.25, -0.2) is 4.39 Å². The molecule has 1 aliphatic heterocycles. The van der Waals surface area contributed by atoms with E-state index in [1.165, 1.54) is 17.0 Å². The van der Waals surface area contributed by atoms with Gasteiger partial charge in [0.05, 0.1) is 11.1 Å². The molecule has 126 valence electrons. The molecule has 1 fully saturated rings. The average Bonchev–Trinajstić information content (AvgIpc) is 2.60. The Morgan fingerprint density at radius 3 is 2.74 bits per heavy atom. The van der Waals surface area contributed by atoms with E-state index >= 15 is 0 Å². The molecule has 5 nitrogen and oxygen atoms in total. The molecule has 0 radical (unpaired) electrons. The summed E-state index contributed by atoms with van der Waals surface area (Å²) in [6.07, 6.45) is -0.819. The van der Waals surface area contributed by atoms with Gasteiger partial charge in [-0.15, -0.1) is 0 Å². The molecule has 1 aromatic carbocycles. The standard InChI is InChI=1S/C16H20ClFN2O3/c1-10(2)6-19-7-12(21)8-20(9-15(19)22)16(23)11-3-4-14(18)13(17)5-11/h3-5,10,12,21H,6-9H2,1-2H3. The van der Waals surface area contributed by atoms with Crippen LogP contribution < -0.4 is 0 Å². The van der Waals surface area contributed by atoms with E-state index in [9.17, 15) is 19.1 Å². The van der Waals surface area contributed by atoms with Crippen molar-refractivity contribution in [2.45, 2.75) is 20.0 Å². The van der Waals surface area contributed by atoms with Gasteiger partial charge in [0, 0.05) is 25.2 Å². The van der Waals surface area contributed by atoms with Crippen LogP contribution in [0.2, 0.25) is 5.02 Å². The Morgan fingerprint density at radius 1 is 1.43 bits per heavy atom. The molecule has 2 rings (SSSR count). The molecule has 0 spiro atoms. The Bertz CT molecular complexity index is 609. The average molecular weight is 343 g/mol. The van der Waals surface area contributed by atoms with Crippen molar-refractivity contribution in [1.82, 2.24) is 9.80 Å². The summed E-state index contributed by atoms with van der Waals surface area (Å²) in [7, 11) is 0. The lowest BCUT2D eigenvalue weighted by Crippen LogP contribution is -2.40. The lowest BCUT2D eigenvalue weighted by molar-refractivity contribution is -0.131. The molecule has 1 heterocycles. The Kier molecular flexibility index (Phi) is 5.59. The summed E-state index contributed by atoms with van der Waals surface area (Å²) in [5, 5.41) is 9.93. The highest BCUT2D eigenvalue weighted by Crippen LogP contribution is 2.18. The van der Waals surface area contributed by atoms with E-state index in [0.29, 0.717) is 6.54 Å². The van der Waals surface area contributed by atoms with Crippen LogP contribution in [0.4, 0.5) is 4.39 Å². The summed E-state index contributed by atoms with van der Waals surface area (Å²) in [6.45, 7) is 4.62. The number of halogens is 2. The summed E-state index contributed by atoms with van der Waals surface area (Å²) in [5.41, 5.74) is 0.189. The van der Waals surface area contributed by atoms with E-state index in [-0.39, 0.29) is 42.0 Å². The van der Waals surface area contributed by atoms with Crippen molar-refractivity contribution in [2.75, 3.05) is 26.2 Å². The van der Waals surface area contributed by atoms with Gasteiger partial charge >= 0.3 is 0 Å². The first kappa shape index (κ1) is 17.7. The SMILES string of the molecule is CC(C)CN1CC(O)CN(C(=O)c2ccc(F)c(Cl)c2)CC1=O. The monoisotopic (exact) mass is 342 g/mol. The van der Waals surface area contributed by atoms with Gasteiger partial charge in [-0.1, -0.05) is 25.4 Å². The van der Waals surface area contributed by atoms with Gasteiger partial charge in [-0.3, -0.25) is 9.59 Å². The second-order valence-electron chi connectivity index (χ2n) is 6.16. The minimum absolute atomic E-state index is 0.0498. The minimum Gasteiger partial charge on any atom is -0.389 e. The third-order valence-corrected chi connectivity index (χ3v) is 3.87. The van der Waals surface area contributed by atoms with Crippen LogP contribution in [0.5, 0.6) is 0 Å². The summed E-state index contributed by atoms with van der Waals surface area (Å²) >= 11 is 5.70. The lowest BCUT2D eigenvalue weighted by atomic mass is 10.2. The van der Waals surface area contributed by atoms with Crippen molar-refractivity contribution < 1.29 is 19.1 Å². The largest absolute Gasteiger partial charge is 0.389 e. The third kappa shape index (κ3) is 4.42. The first-order valence-electron chi connectivity index (χ1n) is 7.48. The molecule has 0 bridgehead atoms. The molecule has 1 unspecified atom stereocenters. The number of hydrogen-bond donors (Lipinski definition) is 1. The maximum Gasteiger partial charge on any atom is 0.254 e. The molecule has 1 aromatic rings. The van der Waals surface area contributed by atoms with Crippen LogP contribution >= 0.6 is 11.6 Å². The van der Waals surface area contributed by atoms with Gasteiger partial charge < -0.3 is 14.9 Å². The van der Waals surface area contributed by atoms with Crippen molar-refractivity contribution >= 4 is 23.4 Å². The molecule has 7 heteroatoms. The normalized spacial score (nSPS) is 19.2. The van der Waals surface area contributed by atoms with Crippen LogP contribution in [0.15, 0.2) is 18.2 Å². The van der Waals surface area contributed by atoms with Gasteiger partial charge in [0.15, 0.2) is 0 Å². The smallest absolute Gasteiger partial charge is 0.254 e. The highest BCUT2D eigenvalue weighted by atomic mass is 35.5. The van der Waals surface area contributed by atoms with Crippen molar-refractivity contribution in [1.29, 1.82) is 0 Å². The number of β-amino-alcohol motifs (C(OH)–C–C–N with tert-alkyl or cyclic N) is 1. The highest BCUT2D eigenvalue weighted by Gasteiger charge is 2.30. The maximum atomic E-state index is 13.2. The minimum atomic E-state index is -0.819. The molecule has 1 N–H and O–H groups in total. The molecule has 2 amide bonds. The molecule has 1 saturated heterocycles. The predicted octanol–water partition coefficient (Wildman–Crippen LogP) is 1.78. The molecule has 1 aliphatic rings. The van der Waals surface area contributed by atoms with Crippen LogP contribution in [-0.4, -0.2) is 59.0 Å². The number of aliphatic hydroxyl groups is 1. The summed E-state index contributed by atoms with van der Waals surface area (Å²) < 4.78 is 13.2. The number of rotatable bonds is 3. The van der Waals surface area contributed by atoms with Crippen molar-refractivity contribution in [3.8, 4) is 0 Å². The molecule has 0 aromatic heterocycles. The van der Waals surface area contributed by atoms with Crippen molar-refractivity contribution in [3.63, 3.8) is 0 Å². The van der Waals surface area contributed by atoms with Gasteiger partial charge in [-0.05, 0) is 24.1 Å². The predicted molar refractivity (Wildman–Crippen MR) is 84.7 cm³/mol. The fraction of sp³-hybridized carbons (Fsp3) is 0.500. The van der Waals surface area contributed by atoms with Gasteiger partial charge in [0.1, 0.15) is 12.4 Å². The quantitative estimate of drug-likeness (QED) is 0.911. The number of nitrogens with zero attached hydrogens (tertiary/aromatic N) is 2. The lowest BCUT2D eigenvalue weighted by Gasteiger charge is -2.23. The number of carbonyl (C=O) groups excluding carboxylic acids is 2. The Morgan fingerprint density at radius 2 is 2.13 bits per heavy atom. The fourth-order valence-corrected chi connectivity index (χ4v) is 2.76. The van der Waals surface area contributed by atoms with E-state index < -0.39 is 17.8 Å². The second-order valence-corrected chi connectivity index (χ2v) is 6.57. The zero-order valence-corrected chi connectivity index (χ0v) is 13.9. The summed E-state index contributed by atoms with van der Waals surface area (Å²) in [4.78, 5) is 27.6. The van der Waals surface area contributed by atoms with E-state index in [4.69, 9.17) is 11.6 Å². The molecule has 0 saturated carbocycles. The fourth-order valence-electron chi connectivity index (χ4n) is 2.58. The zero-order chi connectivity index (χ0) is 17.1. The summed E-state index contributed by atoms with van der Waals surface area (Å²) in [6, 6.07) is 3.65. The maximum absolute atomic E-state index is 13.2. The van der Waals surface area contributed by atoms with Gasteiger partial charge in [0.25, 0.3) is 5.91 Å². The van der Waals surface area contributed by atoms with Crippen LogP contribution in [0.3, 0.4) is 0 Å². The van der Waals surface area contributed by atoms with E-state index in [1.54, 1.807) is 4.90 Å². The molecular formula is C16H20ClFN2O3. The number of amides is 2. The number of hydrogen-bond acceptors (Lipinski definition) is 3. The van der Waals surface area contributed by atoms with Gasteiger partial charge in [0.2, 0.25) is 5.91 Å². The van der Waals surface area contributed by atoms with Crippen LogP contribution in [-0.2, 0) is 4.79 Å². The Balaban J connectivity index is 2.17. The number of carbonyl (C=O) groups is 2. The zero-order valence-electron chi connectivity index (χ0n) is 13.1. The molecule has 0 aliphatic carbocycles. The Hall–Kier alpha value is -1.66. The van der Waals surface area contributed by atoms with Crippen LogP contribution in [0.25, 0.3) is 0 Å². The van der Waals surface area contributed by atoms with E-state index in [2.05, 4.69) is 0 Å². The van der Waals surface area contributed by atoms with Crippen molar-refractivity contribution in [2.24, 2.45) is 5.92 Å². The second kappa shape index (κ2) is 7.27. The summed E-state index contributed by atoms with van der Waals surface area (Å²) in [5.74, 6) is -1.01. The first-order valence-corrected chi connectivity index (χ1v) is 7.86. The first-order chi connectivity index (χ1) is 10.8. The molecule has 23 heavy (non-hydrogen) atoms. The third-order valence-electron chi connectivity index (χ3n) is 3.58.